The van der Waals surface area contributed by atoms with Crippen molar-refractivity contribution >= 4 is 23.2 Å². The lowest BCUT2D eigenvalue weighted by Gasteiger charge is -2.09. The van der Waals surface area contributed by atoms with E-state index in [0.717, 1.165) is 33.1 Å². The van der Waals surface area contributed by atoms with E-state index in [1.165, 1.54) is 11.1 Å². The molecule has 4 aromatic rings. The van der Waals surface area contributed by atoms with Gasteiger partial charge in [0.25, 0.3) is 0 Å². The molecular weight excluding hydrogens is 387 g/mol. The Labute approximate surface area is 175 Å². The van der Waals surface area contributed by atoms with Gasteiger partial charge in [0.05, 0.1) is 17.3 Å². The zero-order valence-corrected chi connectivity index (χ0v) is 17.3. The molecule has 0 radical (unpaired) electrons. The van der Waals surface area contributed by atoms with E-state index in [1.807, 2.05) is 47.1 Å². The molecule has 0 bridgehead atoms. The monoisotopic (exact) mass is 406 g/mol. The number of aryl methyl sites for hydroxylation is 2. The molecule has 0 spiro atoms. The maximum atomic E-state index is 6.89. The predicted molar refractivity (Wildman–Crippen MR) is 118 cm³/mol. The number of halogens is 2. The van der Waals surface area contributed by atoms with Crippen molar-refractivity contribution in [1.29, 1.82) is 0 Å². The maximum absolute atomic E-state index is 6.89. The highest BCUT2D eigenvalue weighted by Gasteiger charge is 2.19. The van der Waals surface area contributed by atoms with Gasteiger partial charge in [-0.15, -0.1) is 0 Å². The number of aromatic nitrogens is 2. The smallest absolute Gasteiger partial charge is 0.112 e. The van der Waals surface area contributed by atoms with Crippen LogP contribution in [-0.2, 0) is 6.54 Å². The van der Waals surface area contributed by atoms with Gasteiger partial charge in [0.1, 0.15) is 5.69 Å². The van der Waals surface area contributed by atoms with Crippen LogP contribution >= 0.6 is 23.2 Å². The third-order valence-electron chi connectivity index (χ3n) is 4.72. The second-order valence-electron chi connectivity index (χ2n) is 7.03. The van der Waals surface area contributed by atoms with E-state index in [2.05, 4.69) is 44.2 Å². The molecule has 0 N–H and O–H groups in total. The fourth-order valence-corrected chi connectivity index (χ4v) is 3.84. The minimum absolute atomic E-state index is 0.617. The SMILES string of the molecule is Cc1cccc(-c2nn(Cc3ccc(Cl)cc3)c(-c3cccc(C)c3)c2Cl)c1. The van der Waals surface area contributed by atoms with Crippen molar-refractivity contribution in [3.05, 3.63) is 99.5 Å². The van der Waals surface area contributed by atoms with Crippen molar-refractivity contribution in [2.24, 2.45) is 0 Å². The van der Waals surface area contributed by atoms with Crippen molar-refractivity contribution in [3.63, 3.8) is 0 Å². The lowest BCUT2D eigenvalue weighted by atomic mass is 10.1. The van der Waals surface area contributed by atoms with Crippen molar-refractivity contribution < 1.29 is 0 Å². The predicted octanol–water partition coefficient (Wildman–Crippen LogP) is 7.19. The topological polar surface area (TPSA) is 17.8 Å². The first-order valence-electron chi connectivity index (χ1n) is 9.16. The molecule has 1 heterocycles. The van der Waals surface area contributed by atoms with Gasteiger partial charge in [-0.3, -0.25) is 4.68 Å². The van der Waals surface area contributed by atoms with Gasteiger partial charge in [0.15, 0.2) is 0 Å². The first-order chi connectivity index (χ1) is 13.5. The number of nitrogens with zero attached hydrogens (tertiary/aromatic N) is 2. The molecule has 0 saturated carbocycles. The van der Waals surface area contributed by atoms with Gasteiger partial charge in [-0.05, 0) is 43.7 Å². The van der Waals surface area contributed by atoms with Gasteiger partial charge >= 0.3 is 0 Å². The Morgan fingerprint density at radius 2 is 1.39 bits per heavy atom. The van der Waals surface area contributed by atoms with Crippen LogP contribution in [0.15, 0.2) is 72.8 Å². The molecule has 4 rings (SSSR count). The summed E-state index contributed by atoms with van der Waals surface area (Å²) in [6.07, 6.45) is 0. The van der Waals surface area contributed by atoms with Gasteiger partial charge in [-0.2, -0.15) is 5.10 Å². The molecule has 0 aliphatic carbocycles. The van der Waals surface area contributed by atoms with Crippen LogP contribution in [0.1, 0.15) is 16.7 Å². The minimum atomic E-state index is 0.617. The number of benzene rings is 3. The third-order valence-corrected chi connectivity index (χ3v) is 5.33. The summed E-state index contributed by atoms with van der Waals surface area (Å²) in [6.45, 7) is 4.77. The number of hydrogen-bond donors (Lipinski definition) is 0. The average molecular weight is 407 g/mol. The van der Waals surface area contributed by atoms with Crippen LogP contribution in [0, 0.1) is 13.8 Å². The molecule has 0 unspecified atom stereocenters. The Hall–Kier alpha value is -2.55. The second-order valence-corrected chi connectivity index (χ2v) is 7.85. The molecule has 0 amide bonds. The lowest BCUT2D eigenvalue weighted by Crippen LogP contribution is -2.04. The molecule has 140 valence electrons. The molecular formula is C24H20Cl2N2. The van der Waals surface area contributed by atoms with Gasteiger partial charge in [0.2, 0.25) is 0 Å². The Morgan fingerprint density at radius 1 is 0.786 bits per heavy atom. The van der Waals surface area contributed by atoms with Crippen molar-refractivity contribution in [1.82, 2.24) is 9.78 Å². The fraction of sp³-hybridized carbons (Fsp3) is 0.125. The molecule has 3 aromatic carbocycles. The van der Waals surface area contributed by atoms with E-state index in [-0.39, 0.29) is 0 Å². The van der Waals surface area contributed by atoms with Crippen molar-refractivity contribution in [3.8, 4) is 22.5 Å². The Bertz CT molecular complexity index is 1130. The molecule has 1 aromatic heterocycles. The highest BCUT2D eigenvalue weighted by atomic mass is 35.5. The van der Waals surface area contributed by atoms with Crippen molar-refractivity contribution in [2.75, 3.05) is 0 Å². The molecule has 4 heteroatoms. The molecule has 2 nitrogen and oxygen atoms in total. The van der Waals surface area contributed by atoms with Crippen LogP contribution in [0.25, 0.3) is 22.5 Å². The standard InChI is InChI=1S/C24H20Cl2N2/c1-16-5-3-7-19(13-16)23-22(26)24(20-8-4-6-17(2)14-20)28(27-23)15-18-9-11-21(25)12-10-18/h3-14H,15H2,1-2H3. The van der Waals surface area contributed by atoms with Crippen LogP contribution in [0.3, 0.4) is 0 Å². The van der Waals surface area contributed by atoms with E-state index < -0.39 is 0 Å². The molecule has 0 aliphatic rings. The van der Waals surface area contributed by atoms with Crippen LogP contribution < -0.4 is 0 Å². The first kappa shape index (κ1) is 18.8. The van der Waals surface area contributed by atoms with Crippen LogP contribution in [0.5, 0.6) is 0 Å². The summed E-state index contributed by atoms with van der Waals surface area (Å²) in [7, 11) is 0. The minimum Gasteiger partial charge on any atom is -0.258 e. The molecule has 28 heavy (non-hydrogen) atoms. The van der Waals surface area contributed by atoms with Gasteiger partial charge in [-0.25, -0.2) is 0 Å². The second kappa shape index (κ2) is 7.83. The normalized spacial score (nSPS) is 11.0. The largest absolute Gasteiger partial charge is 0.258 e. The Kier molecular flexibility index (Phi) is 5.25. The average Bonchev–Trinajstić information content (AvgIpc) is 2.99. The number of rotatable bonds is 4. The molecule has 0 saturated heterocycles. The van der Waals surface area contributed by atoms with E-state index in [4.69, 9.17) is 28.3 Å². The third kappa shape index (κ3) is 3.84. The first-order valence-corrected chi connectivity index (χ1v) is 9.91. The fourth-order valence-electron chi connectivity index (χ4n) is 3.36. The van der Waals surface area contributed by atoms with E-state index in [1.54, 1.807) is 0 Å². The summed E-state index contributed by atoms with van der Waals surface area (Å²) >= 11 is 12.9. The lowest BCUT2D eigenvalue weighted by molar-refractivity contribution is 0.697. The summed E-state index contributed by atoms with van der Waals surface area (Å²) in [5.41, 5.74) is 7.29. The molecule has 0 fully saturated rings. The van der Waals surface area contributed by atoms with Crippen LogP contribution in [-0.4, -0.2) is 9.78 Å². The van der Waals surface area contributed by atoms with Gasteiger partial charge in [0, 0.05) is 16.1 Å². The maximum Gasteiger partial charge on any atom is 0.112 e. The highest BCUT2D eigenvalue weighted by Crippen LogP contribution is 2.37. The zero-order chi connectivity index (χ0) is 19.7. The zero-order valence-electron chi connectivity index (χ0n) is 15.8. The van der Waals surface area contributed by atoms with E-state index in [9.17, 15) is 0 Å². The Morgan fingerprint density at radius 3 is 2.04 bits per heavy atom. The Balaban J connectivity index is 1.87. The summed E-state index contributed by atoms with van der Waals surface area (Å²) in [5.74, 6) is 0. The summed E-state index contributed by atoms with van der Waals surface area (Å²) < 4.78 is 1.98. The summed E-state index contributed by atoms with van der Waals surface area (Å²) in [5, 5.41) is 6.29. The summed E-state index contributed by atoms with van der Waals surface area (Å²) in [4.78, 5) is 0. The summed E-state index contributed by atoms with van der Waals surface area (Å²) in [6, 6.07) is 24.4. The van der Waals surface area contributed by atoms with Gasteiger partial charge in [-0.1, -0.05) is 82.9 Å². The molecule has 0 atom stereocenters. The number of hydrogen-bond acceptors (Lipinski definition) is 1. The quantitative estimate of drug-likeness (QED) is 0.350. The van der Waals surface area contributed by atoms with E-state index >= 15 is 0 Å². The molecule has 0 aliphatic heterocycles. The van der Waals surface area contributed by atoms with Crippen LogP contribution in [0.2, 0.25) is 10.0 Å². The highest BCUT2D eigenvalue weighted by molar-refractivity contribution is 6.35. The van der Waals surface area contributed by atoms with E-state index in [0.29, 0.717) is 11.6 Å². The van der Waals surface area contributed by atoms with Crippen molar-refractivity contribution in [2.45, 2.75) is 20.4 Å². The van der Waals surface area contributed by atoms with Gasteiger partial charge < -0.3 is 0 Å². The van der Waals surface area contributed by atoms with Crippen LogP contribution in [0.4, 0.5) is 0 Å².